The smallest absolute Gasteiger partial charge is 0.331 e. The molecule has 27 heavy (non-hydrogen) atoms. The molecule has 0 saturated heterocycles. The summed E-state index contributed by atoms with van der Waals surface area (Å²) in [5.74, 6) is -0.947. The summed E-state index contributed by atoms with van der Waals surface area (Å²) in [5, 5.41) is 2.75. The van der Waals surface area contributed by atoms with Crippen molar-refractivity contribution in [3.63, 3.8) is 0 Å². The van der Waals surface area contributed by atoms with Gasteiger partial charge in [0.15, 0.2) is 12.4 Å². The monoisotopic (exact) mass is 365 g/mol. The Morgan fingerprint density at radius 1 is 1.00 bits per heavy atom. The van der Waals surface area contributed by atoms with Crippen LogP contribution in [-0.2, 0) is 14.3 Å². The normalized spacial score (nSPS) is 10.6. The third-order valence-corrected chi connectivity index (χ3v) is 3.80. The molecule has 5 heteroatoms. The summed E-state index contributed by atoms with van der Waals surface area (Å²) in [4.78, 5) is 35.4. The van der Waals surface area contributed by atoms with Gasteiger partial charge in [-0.3, -0.25) is 9.59 Å². The van der Waals surface area contributed by atoms with Crippen LogP contribution in [0.1, 0.15) is 41.3 Å². The molecule has 0 radical (unpaired) electrons. The molecule has 0 aromatic heterocycles. The third-order valence-electron chi connectivity index (χ3n) is 3.80. The molecule has 140 valence electrons. The highest BCUT2D eigenvalue weighted by atomic mass is 16.5. The van der Waals surface area contributed by atoms with E-state index in [0.717, 1.165) is 17.5 Å². The number of benzene rings is 2. The van der Waals surface area contributed by atoms with E-state index in [1.807, 2.05) is 38.1 Å². The zero-order chi connectivity index (χ0) is 19.6. The van der Waals surface area contributed by atoms with Gasteiger partial charge in [-0.25, -0.2) is 4.79 Å². The summed E-state index contributed by atoms with van der Waals surface area (Å²) in [6.07, 6.45) is 4.16. The molecule has 0 unspecified atom stereocenters. The fourth-order valence-corrected chi connectivity index (χ4v) is 2.30. The van der Waals surface area contributed by atoms with Crippen molar-refractivity contribution in [3.05, 3.63) is 71.3 Å². The molecule has 0 atom stereocenters. The van der Waals surface area contributed by atoms with Crippen LogP contribution in [0.5, 0.6) is 0 Å². The molecule has 0 saturated carbocycles. The van der Waals surface area contributed by atoms with E-state index < -0.39 is 5.97 Å². The lowest BCUT2D eigenvalue weighted by molar-refractivity contribution is -0.136. The van der Waals surface area contributed by atoms with Crippen LogP contribution in [0.4, 0.5) is 5.69 Å². The van der Waals surface area contributed by atoms with E-state index >= 15 is 0 Å². The number of hydrogen-bond donors (Lipinski definition) is 1. The molecule has 0 aliphatic carbocycles. The Morgan fingerprint density at radius 2 is 1.67 bits per heavy atom. The summed E-state index contributed by atoms with van der Waals surface area (Å²) >= 11 is 0. The maximum Gasteiger partial charge on any atom is 0.331 e. The van der Waals surface area contributed by atoms with E-state index in [2.05, 4.69) is 5.32 Å². The first-order valence-corrected chi connectivity index (χ1v) is 8.82. The first kappa shape index (κ1) is 20.1. The predicted octanol–water partition coefficient (Wildman–Crippen LogP) is 4.17. The highest BCUT2D eigenvalue weighted by Gasteiger charge is 2.09. The first-order valence-electron chi connectivity index (χ1n) is 8.82. The number of Topliss-reactive ketones (excluding diaryl/α,β-unsaturated/α-hetero) is 1. The summed E-state index contributed by atoms with van der Waals surface area (Å²) in [7, 11) is 0. The van der Waals surface area contributed by atoms with Crippen LogP contribution in [0.15, 0.2) is 54.6 Å². The number of anilines is 1. The first-order chi connectivity index (χ1) is 13.0. The number of nitrogens with one attached hydrogen (secondary N) is 1. The van der Waals surface area contributed by atoms with Crippen LogP contribution in [0.25, 0.3) is 6.08 Å². The zero-order valence-electron chi connectivity index (χ0n) is 15.5. The van der Waals surface area contributed by atoms with Gasteiger partial charge in [-0.05, 0) is 49.2 Å². The minimum Gasteiger partial charge on any atom is -0.454 e. The zero-order valence-corrected chi connectivity index (χ0v) is 15.5. The quantitative estimate of drug-likeness (QED) is 0.433. The van der Waals surface area contributed by atoms with E-state index in [0.29, 0.717) is 17.7 Å². The van der Waals surface area contributed by atoms with Crippen LogP contribution < -0.4 is 5.32 Å². The number of amides is 1. The predicted molar refractivity (Wildman–Crippen MR) is 105 cm³/mol. The fraction of sp³-hybridized carbons (Fsp3) is 0.227. The number of ether oxygens (including phenoxy) is 1. The molecular weight excluding hydrogens is 342 g/mol. The lowest BCUT2D eigenvalue weighted by atomic mass is 10.1. The minimum atomic E-state index is -0.577. The molecule has 0 spiro atoms. The summed E-state index contributed by atoms with van der Waals surface area (Å²) in [6.45, 7) is 3.58. The highest BCUT2D eigenvalue weighted by Crippen LogP contribution is 2.11. The highest BCUT2D eigenvalue weighted by molar-refractivity contribution is 5.99. The van der Waals surface area contributed by atoms with Crippen LogP contribution in [0.2, 0.25) is 0 Å². The van der Waals surface area contributed by atoms with Crippen molar-refractivity contribution in [2.24, 2.45) is 0 Å². The summed E-state index contributed by atoms with van der Waals surface area (Å²) in [6, 6.07) is 14.2. The van der Waals surface area contributed by atoms with Crippen LogP contribution in [0.3, 0.4) is 0 Å². The van der Waals surface area contributed by atoms with Crippen molar-refractivity contribution >= 4 is 29.4 Å². The van der Waals surface area contributed by atoms with E-state index in [1.165, 1.54) is 6.08 Å². The van der Waals surface area contributed by atoms with Gasteiger partial charge in [0.2, 0.25) is 5.91 Å². The number of carbonyl (C=O) groups is 3. The fourth-order valence-electron chi connectivity index (χ4n) is 2.30. The van der Waals surface area contributed by atoms with Gasteiger partial charge in [0.1, 0.15) is 0 Å². The standard InChI is InChI=1S/C22H23NO4/c1-3-4-21(25)23-19-12-10-18(11-13-19)20(24)15-27-22(26)14-9-17-7-5-16(2)6-8-17/h5-14H,3-4,15H2,1-2H3,(H,23,25)/b14-9+. The van der Waals surface area contributed by atoms with E-state index in [4.69, 9.17) is 4.74 Å². The van der Waals surface area contributed by atoms with Crippen LogP contribution in [0, 0.1) is 6.92 Å². The van der Waals surface area contributed by atoms with Crippen LogP contribution in [-0.4, -0.2) is 24.3 Å². The largest absolute Gasteiger partial charge is 0.454 e. The Labute approximate surface area is 159 Å². The van der Waals surface area contributed by atoms with Gasteiger partial charge in [0.25, 0.3) is 0 Å². The molecule has 0 fully saturated rings. The minimum absolute atomic E-state index is 0.0640. The molecule has 5 nitrogen and oxygen atoms in total. The van der Waals surface area contributed by atoms with Crippen molar-refractivity contribution < 1.29 is 19.1 Å². The summed E-state index contributed by atoms with van der Waals surface area (Å²) in [5.41, 5.74) is 3.06. The van der Waals surface area contributed by atoms with Gasteiger partial charge >= 0.3 is 5.97 Å². The maximum atomic E-state index is 12.1. The lowest BCUT2D eigenvalue weighted by Crippen LogP contribution is -2.13. The average molecular weight is 365 g/mol. The Bertz CT molecular complexity index is 820. The molecule has 2 rings (SSSR count). The number of ketones is 1. The van der Waals surface area contributed by atoms with Gasteiger partial charge < -0.3 is 10.1 Å². The Kier molecular flexibility index (Phi) is 7.49. The molecule has 1 amide bonds. The van der Waals surface area contributed by atoms with Gasteiger partial charge in [-0.15, -0.1) is 0 Å². The van der Waals surface area contributed by atoms with Gasteiger partial charge in [0.05, 0.1) is 0 Å². The molecule has 2 aromatic rings. The number of carbonyl (C=O) groups excluding carboxylic acids is 3. The second-order valence-corrected chi connectivity index (χ2v) is 6.15. The molecule has 0 heterocycles. The van der Waals surface area contributed by atoms with E-state index in [9.17, 15) is 14.4 Å². The van der Waals surface area contributed by atoms with Crippen molar-refractivity contribution in [1.82, 2.24) is 0 Å². The van der Waals surface area contributed by atoms with Gasteiger partial charge in [-0.2, -0.15) is 0 Å². The summed E-state index contributed by atoms with van der Waals surface area (Å²) < 4.78 is 4.99. The Balaban J connectivity index is 1.83. The topological polar surface area (TPSA) is 72.5 Å². The lowest BCUT2D eigenvalue weighted by Gasteiger charge is -2.06. The van der Waals surface area contributed by atoms with Crippen molar-refractivity contribution in [1.29, 1.82) is 0 Å². The van der Waals surface area contributed by atoms with Gasteiger partial charge in [0, 0.05) is 23.7 Å². The van der Waals surface area contributed by atoms with Crippen molar-refractivity contribution in [2.45, 2.75) is 26.7 Å². The molecular formula is C22H23NO4. The number of hydrogen-bond acceptors (Lipinski definition) is 4. The molecule has 0 bridgehead atoms. The molecule has 1 N–H and O–H groups in total. The average Bonchev–Trinajstić information content (AvgIpc) is 2.66. The molecule has 0 aliphatic heterocycles. The third kappa shape index (κ3) is 6.90. The SMILES string of the molecule is CCCC(=O)Nc1ccc(C(=O)COC(=O)/C=C/c2ccc(C)cc2)cc1. The van der Waals surface area contributed by atoms with Crippen molar-refractivity contribution in [3.8, 4) is 0 Å². The number of esters is 1. The van der Waals surface area contributed by atoms with Crippen LogP contribution >= 0.6 is 0 Å². The van der Waals surface area contributed by atoms with E-state index in [-0.39, 0.29) is 18.3 Å². The second kappa shape index (κ2) is 10.1. The number of aryl methyl sites for hydroxylation is 1. The van der Waals surface area contributed by atoms with Gasteiger partial charge in [-0.1, -0.05) is 36.8 Å². The second-order valence-electron chi connectivity index (χ2n) is 6.15. The van der Waals surface area contributed by atoms with Crippen molar-refractivity contribution in [2.75, 3.05) is 11.9 Å². The number of rotatable bonds is 8. The molecule has 2 aromatic carbocycles. The van der Waals surface area contributed by atoms with E-state index in [1.54, 1.807) is 30.3 Å². The maximum absolute atomic E-state index is 12.1. The Hall–Kier alpha value is -3.21. The molecule has 0 aliphatic rings. The Morgan fingerprint density at radius 3 is 2.30 bits per heavy atom.